The number of pyridine rings is 1. The minimum atomic E-state index is -1.25. The highest BCUT2D eigenvalue weighted by Crippen LogP contribution is 2.25. The van der Waals surface area contributed by atoms with Gasteiger partial charge < -0.3 is 36.4 Å². The third-order valence-electron chi connectivity index (χ3n) is 7.86. The van der Waals surface area contributed by atoms with E-state index in [9.17, 15) is 54.0 Å². The van der Waals surface area contributed by atoms with Crippen LogP contribution < -0.4 is 16.0 Å². The maximum absolute atomic E-state index is 12.7. The normalized spacial score (nSPS) is 10.9. The SMILES string of the molecule is CNC(=O)CCCCCCC(=O)NCCCCCC(=O)Nc1cccc(-c2cc(CN(CC(=O)O)CC(=O)O)nc(CN(CC(=O)O)CC(=O)O)c2)c1. The van der Waals surface area contributed by atoms with Crippen molar-refractivity contribution in [3.63, 3.8) is 0 Å². The van der Waals surface area contributed by atoms with Crippen molar-refractivity contribution in [2.24, 2.45) is 0 Å². The van der Waals surface area contributed by atoms with Gasteiger partial charge in [0.1, 0.15) is 0 Å². The van der Waals surface area contributed by atoms with Crippen LogP contribution in [0.1, 0.15) is 75.6 Å². The Balaban J connectivity index is 2.02. The van der Waals surface area contributed by atoms with Gasteiger partial charge in [0, 0.05) is 51.6 Å². The number of benzene rings is 1. The summed E-state index contributed by atoms with van der Waals surface area (Å²) in [5, 5.41) is 45.5. The van der Waals surface area contributed by atoms with E-state index in [4.69, 9.17) is 0 Å². The number of rotatable bonds is 27. The number of unbranched alkanes of at least 4 members (excludes halogenated alkanes) is 5. The first kappa shape index (κ1) is 43.7. The quantitative estimate of drug-likeness (QED) is 0.0649. The molecule has 0 aliphatic carbocycles. The lowest BCUT2D eigenvalue weighted by Crippen LogP contribution is -2.35. The molecule has 0 bridgehead atoms. The number of amides is 3. The Morgan fingerprint density at radius 2 is 1.06 bits per heavy atom. The van der Waals surface area contributed by atoms with Crippen molar-refractivity contribution in [3.8, 4) is 11.1 Å². The molecule has 53 heavy (non-hydrogen) atoms. The van der Waals surface area contributed by atoms with E-state index >= 15 is 0 Å². The number of carbonyl (C=O) groups is 7. The van der Waals surface area contributed by atoms with Gasteiger partial charge in [-0.15, -0.1) is 0 Å². The summed E-state index contributed by atoms with van der Waals surface area (Å²) in [6.45, 7) is -2.19. The number of carboxylic acid groups (broad SMARTS) is 4. The van der Waals surface area contributed by atoms with Gasteiger partial charge in [0.2, 0.25) is 17.7 Å². The highest BCUT2D eigenvalue weighted by Gasteiger charge is 2.19. The zero-order chi connectivity index (χ0) is 39.2. The minimum Gasteiger partial charge on any atom is -0.480 e. The average Bonchev–Trinajstić information content (AvgIpc) is 3.06. The lowest BCUT2D eigenvalue weighted by molar-refractivity contribution is -0.144. The molecule has 0 saturated heterocycles. The Morgan fingerprint density at radius 1 is 0.585 bits per heavy atom. The van der Waals surface area contributed by atoms with Crippen molar-refractivity contribution in [1.82, 2.24) is 25.4 Å². The predicted octanol–water partition coefficient (Wildman–Crippen LogP) is 2.39. The van der Waals surface area contributed by atoms with Crippen LogP contribution in [0.2, 0.25) is 0 Å². The second kappa shape index (κ2) is 23.9. The van der Waals surface area contributed by atoms with E-state index in [1.165, 1.54) is 0 Å². The van der Waals surface area contributed by atoms with E-state index in [2.05, 4.69) is 20.9 Å². The van der Waals surface area contributed by atoms with Crippen molar-refractivity contribution in [2.75, 3.05) is 45.1 Å². The summed E-state index contributed by atoms with van der Waals surface area (Å²) >= 11 is 0. The van der Waals surface area contributed by atoms with Gasteiger partial charge in [0.15, 0.2) is 0 Å². The molecule has 0 atom stereocenters. The number of anilines is 1. The van der Waals surface area contributed by atoms with Gasteiger partial charge in [-0.05, 0) is 61.1 Å². The number of carboxylic acids is 4. The smallest absolute Gasteiger partial charge is 0.317 e. The number of hydrogen-bond donors (Lipinski definition) is 7. The monoisotopic (exact) mass is 742 g/mol. The highest BCUT2D eigenvalue weighted by atomic mass is 16.4. The number of hydrogen-bond acceptors (Lipinski definition) is 10. The number of aromatic nitrogens is 1. The van der Waals surface area contributed by atoms with Gasteiger partial charge in [0.05, 0.1) is 37.6 Å². The van der Waals surface area contributed by atoms with Crippen LogP contribution in [0.3, 0.4) is 0 Å². The molecular weight excluding hydrogens is 692 g/mol. The topological polar surface area (TPSA) is 256 Å². The van der Waals surface area contributed by atoms with Crippen molar-refractivity contribution in [1.29, 1.82) is 0 Å². The largest absolute Gasteiger partial charge is 0.480 e. The van der Waals surface area contributed by atoms with Crippen LogP contribution in [0.4, 0.5) is 5.69 Å². The van der Waals surface area contributed by atoms with E-state index in [1.807, 2.05) is 0 Å². The fourth-order valence-corrected chi connectivity index (χ4v) is 5.49. The molecule has 17 heteroatoms. The maximum atomic E-state index is 12.7. The van der Waals surface area contributed by atoms with Crippen molar-refractivity contribution in [2.45, 2.75) is 77.3 Å². The van der Waals surface area contributed by atoms with Crippen molar-refractivity contribution in [3.05, 3.63) is 47.8 Å². The van der Waals surface area contributed by atoms with E-state index in [0.717, 1.165) is 48.3 Å². The summed E-state index contributed by atoms with van der Waals surface area (Å²) in [7, 11) is 1.61. The van der Waals surface area contributed by atoms with E-state index < -0.39 is 50.1 Å². The van der Waals surface area contributed by atoms with E-state index in [1.54, 1.807) is 43.4 Å². The van der Waals surface area contributed by atoms with E-state index in [-0.39, 0.29) is 48.6 Å². The lowest BCUT2D eigenvalue weighted by atomic mass is 10.0. The Morgan fingerprint density at radius 3 is 1.55 bits per heavy atom. The molecular formula is C36H50N6O11. The van der Waals surface area contributed by atoms with Crippen LogP contribution in [0.15, 0.2) is 36.4 Å². The summed E-state index contributed by atoms with van der Waals surface area (Å²) in [6.07, 6.45) is 6.60. The predicted molar refractivity (Wildman–Crippen MR) is 193 cm³/mol. The minimum absolute atomic E-state index is 0.0157. The molecule has 0 saturated carbocycles. The second-order valence-electron chi connectivity index (χ2n) is 12.6. The number of carbonyl (C=O) groups excluding carboxylic acids is 3. The summed E-state index contributed by atoms with van der Waals surface area (Å²) in [5.74, 6) is -5.21. The highest BCUT2D eigenvalue weighted by molar-refractivity contribution is 5.91. The molecule has 3 amide bonds. The van der Waals surface area contributed by atoms with Crippen LogP contribution in [-0.4, -0.2) is 117 Å². The molecule has 0 fully saturated rings. The third kappa shape index (κ3) is 19.7. The fourth-order valence-electron chi connectivity index (χ4n) is 5.49. The van der Waals surface area contributed by atoms with Crippen LogP contribution in [0, 0.1) is 0 Å². The molecule has 2 rings (SSSR count). The van der Waals surface area contributed by atoms with Crippen molar-refractivity contribution < 1.29 is 54.0 Å². The lowest BCUT2D eigenvalue weighted by Gasteiger charge is -2.21. The molecule has 1 heterocycles. The molecule has 17 nitrogen and oxygen atoms in total. The van der Waals surface area contributed by atoms with E-state index in [0.29, 0.717) is 42.6 Å². The summed E-state index contributed by atoms with van der Waals surface area (Å²) < 4.78 is 0. The van der Waals surface area contributed by atoms with Gasteiger partial charge in [0.25, 0.3) is 0 Å². The van der Waals surface area contributed by atoms with Crippen LogP contribution in [0.25, 0.3) is 11.1 Å². The molecule has 0 unspecified atom stereocenters. The summed E-state index contributed by atoms with van der Waals surface area (Å²) in [5.41, 5.74) is 2.18. The molecule has 2 aromatic rings. The van der Waals surface area contributed by atoms with Gasteiger partial charge >= 0.3 is 23.9 Å². The summed E-state index contributed by atoms with van der Waals surface area (Å²) in [6, 6.07) is 10.1. The average molecular weight is 743 g/mol. The Bertz CT molecular complexity index is 1480. The third-order valence-corrected chi connectivity index (χ3v) is 7.86. The van der Waals surface area contributed by atoms with Crippen molar-refractivity contribution >= 4 is 47.3 Å². The first-order chi connectivity index (χ1) is 25.2. The Hall–Kier alpha value is -5.42. The zero-order valence-electron chi connectivity index (χ0n) is 30.0. The molecule has 7 N–H and O–H groups in total. The maximum Gasteiger partial charge on any atom is 0.317 e. The van der Waals surface area contributed by atoms with Crippen LogP contribution in [0.5, 0.6) is 0 Å². The fraction of sp³-hybridized carbons (Fsp3) is 0.500. The first-order valence-corrected chi connectivity index (χ1v) is 17.4. The molecule has 290 valence electrons. The van der Waals surface area contributed by atoms with Gasteiger partial charge in [-0.3, -0.25) is 48.3 Å². The zero-order valence-corrected chi connectivity index (χ0v) is 30.0. The van der Waals surface area contributed by atoms with Gasteiger partial charge in [-0.2, -0.15) is 0 Å². The molecule has 0 spiro atoms. The van der Waals surface area contributed by atoms with Crippen LogP contribution in [-0.2, 0) is 46.7 Å². The molecule has 1 aromatic heterocycles. The molecule has 1 aromatic carbocycles. The standard InChI is InChI=1S/C36H50N6O11/c1-37-30(43)12-5-2-3-6-13-31(44)38-15-8-4-7-14-32(45)40-27-11-9-10-25(16-27)26-17-28(19-41(21-33(46)47)22-34(48)49)39-29(18-26)20-42(23-35(50)51)24-36(52)53/h9-11,16-18H,2-8,12-15,19-24H2,1H3,(H,37,43)(H,38,44)(H,40,45)(H,46,47)(H,48,49)(H,50,51)(H,52,53). The molecule has 0 aliphatic heterocycles. The van der Waals surface area contributed by atoms with Crippen LogP contribution >= 0.6 is 0 Å². The van der Waals surface area contributed by atoms with Gasteiger partial charge in [-0.1, -0.05) is 31.4 Å². The number of nitrogens with zero attached hydrogens (tertiary/aromatic N) is 3. The second-order valence-corrected chi connectivity index (χ2v) is 12.6. The molecule has 0 radical (unpaired) electrons. The molecule has 0 aliphatic rings. The first-order valence-electron chi connectivity index (χ1n) is 17.4. The summed E-state index contributed by atoms with van der Waals surface area (Å²) in [4.78, 5) is 88.4. The Kier molecular flexibility index (Phi) is 19.8. The number of nitrogens with one attached hydrogen (secondary N) is 3. The Labute approximate surface area is 307 Å². The van der Waals surface area contributed by atoms with Gasteiger partial charge in [-0.25, -0.2) is 0 Å². The number of aliphatic carboxylic acids is 4.